The lowest BCUT2D eigenvalue weighted by molar-refractivity contribution is -0.123. The summed E-state index contributed by atoms with van der Waals surface area (Å²) in [4.78, 5) is 29.9. The summed E-state index contributed by atoms with van der Waals surface area (Å²) in [5, 5.41) is 3.27. The van der Waals surface area contributed by atoms with Crippen molar-refractivity contribution in [2.45, 2.75) is 33.3 Å². The Morgan fingerprint density at radius 3 is 2.66 bits per heavy atom. The van der Waals surface area contributed by atoms with Crippen LogP contribution in [-0.4, -0.2) is 23.0 Å². The summed E-state index contributed by atoms with van der Waals surface area (Å²) in [5.74, 6) is -1.69. The number of carbonyl (C=O) groups is 2. The molecule has 1 amide bonds. The highest BCUT2D eigenvalue weighted by molar-refractivity contribution is 6.33. The zero-order valence-corrected chi connectivity index (χ0v) is 17.0. The first-order valence-corrected chi connectivity index (χ1v) is 9.54. The summed E-state index contributed by atoms with van der Waals surface area (Å²) in [5.41, 5.74) is 2.85. The highest BCUT2D eigenvalue weighted by Gasteiger charge is 2.24. The number of pyridine rings is 1. The highest BCUT2D eigenvalue weighted by atomic mass is 35.5. The first-order valence-electron chi connectivity index (χ1n) is 9.17. The minimum atomic E-state index is -1.08. The number of ether oxygens (including phenoxy) is 1. The average molecular weight is 415 g/mol. The number of carbonyl (C=O) groups excluding carboxylic acids is 2. The second-order valence-electron chi connectivity index (χ2n) is 6.59. The Hall–Kier alpha value is -2.99. The summed E-state index contributed by atoms with van der Waals surface area (Å²) in [6.07, 6.45) is -0.421. The number of hydrogen-bond acceptors (Lipinski definition) is 4. The van der Waals surface area contributed by atoms with Gasteiger partial charge in [0.2, 0.25) is 0 Å². The van der Waals surface area contributed by atoms with Crippen LogP contribution in [0.5, 0.6) is 0 Å². The van der Waals surface area contributed by atoms with Gasteiger partial charge in [0.25, 0.3) is 5.91 Å². The number of benzene rings is 2. The van der Waals surface area contributed by atoms with E-state index in [2.05, 4.69) is 10.3 Å². The van der Waals surface area contributed by atoms with Crippen molar-refractivity contribution in [3.05, 3.63) is 70.1 Å². The third-order valence-electron chi connectivity index (χ3n) is 4.62. The van der Waals surface area contributed by atoms with Gasteiger partial charge in [0.15, 0.2) is 6.10 Å². The van der Waals surface area contributed by atoms with Crippen molar-refractivity contribution in [3.63, 3.8) is 0 Å². The molecule has 7 heteroatoms. The predicted molar refractivity (Wildman–Crippen MR) is 111 cm³/mol. The summed E-state index contributed by atoms with van der Waals surface area (Å²) in [6.45, 7) is 5.24. The number of aromatic nitrogens is 1. The van der Waals surface area contributed by atoms with Gasteiger partial charge in [-0.25, -0.2) is 9.18 Å². The first kappa shape index (κ1) is 20.7. The van der Waals surface area contributed by atoms with Crippen LogP contribution < -0.4 is 5.32 Å². The van der Waals surface area contributed by atoms with Gasteiger partial charge >= 0.3 is 5.97 Å². The minimum absolute atomic E-state index is 0.0560. The normalized spacial score (nSPS) is 11.9. The van der Waals surface area contributed by atoms with Crippen molar-refractivity contribution in [2.24, 2.45) is 0 Å². The topological polar surface area (TPSA) is 68.3 Å². The van der Waals surface area contributed by atoms with Gasteiger partial charge < -0.3 is 10.1 Å². The molecule has 1 heterocycles. The van der Waals surface area contributed by atoms with Crippen LogP contribution in [0.1, 0.15) is 35.5 Å². The Labute approximate surface area is 172 Å². The van der Waals surface area contributed by atoms with Gasteiger partial charge in [-0.05, 0) is 50.1 Å². The maximum atomic E-state index is 13.2. The fraction of sp³-hybridized carbons (Fsp3) is 0.227. The third kappa shape index (κ3) is 4.38. The van der Waals surface area contributed by atoms with Gasteiger partial charge in [-0.1, -0.05) is 36.7 Å². The van der Waals surface area contributed by atoms with Crippen LogP contribution in [-0.2, 0) is 16.0 Å². The largest absolute Gasteiger partial charge is 0.449 e. The first-order chi connectivity index (χ1) is 13.8. The van der Waals surface area contributed by atoms with E-state index in [0.717, 1.165) is 17.3 Å². The lowest BCUT2D eigenvalue weighted by Gasteiger charge is -2.17. The van der Waals surface area contributed by atoms with Crippen molar-refractivity contribution < 1.29 is 18.7 Å². The molecule has 3 rings (SSSR count). The molecule has 2 aromatic carbocycles. The molecule has 0 unspecified atom stereocenters. The van der Waals surface area contributed by atoms with E-state index in [4.69, 9.17) is 16.3 Å². The van der Waals surface area contributed by atoms with Gasteiger partial charge in [0.1, 0.15) is 5.82 Å². The summed E-state index contributed by atoms with van der Waals surface area (Å²) in [6, 6.07) is 10.9. The Kier molecular flexibility index (Phi) is 6.13. The molecule has 0 saturated carbocycles. The van der Waals surface area contributed by atoms with E-state index in [-0.39, 0.29) is 10.7 Å². The van der Waals surface area contributed by atoms with Gasteiger partial charge in [-0.15, -0.1) is 0 Å². The Bertz CT molecular complexity index is 1100. The maximum Gasteiger partial charge on any atom is 0.339 e. The molecule has 0 spiro atoms. The van der Waals surface area contributed by atoms with E-state index >= 15 is 0 Å². The van der Waals surface area contributed by atoms with Crippen molar-refractivity contribution in [2.75, 3.05) is 5.32 Å². The molecule has 0 aliphatic heterocycles. The predicted octanol–water partition coefficient (Wildman–Crippen LogP) is 5.08. The maximum absolute atomic E-state index is 13.2. The van der Waals surface area contributed by atoms with Crippen molar-refractivity contribution in [1.29, 1.82) is 0 Å². The van der Waals surface area contributed by atoms with Gasteiger partial charge in [-0.3, -0.25) is 9.78 Å². The standard InChI is InChI=1S/C22H20ClFN2O3/c1-4-17-12(2)20(15-7-5-6-8-18(15)25-17)22(28)29-13(3)21(27)26-19-10-9-14(24)11-16(19)23/h5-11,13H,4H2,1-3H3,(H,26,27)/t13-/m0/s1. The molecular formula is C22H20ClFN2O3. The zero-order valence-electron chi connectivity index (χ0n) is 16.3. The van der Waals surface area contributed by atoms with E-state index in [0.29, 0.717) is 22.9 Å². The molecule has 0 fully saturated rings. The molecule has 1 atom stereocenters. The second-order valence-corrected chi connectivity index (χ2v) is 7.00. The molecule has 0 aliphatic rings. The minimum Gasteiger partial charge on any atom is -0.449 e. The van der Waals surface area contributed by atoms with E-state index in [1.807, 2.05) is 32.0 Å². The molecule has 0 radical (unpaired) electrons. The molecule has 29 heavy (non-hydrogen) atoms. The van der Waals surface area contributed by atoms with Crippen LogP contribution in [0.4, 0.5) is 10.1 Å². The summed E-state index contributed by atoms with van der Waals surface area (Å²) < 4.78 is 18.6. The lowest BCUT2D eigenvalue weighted by Crippen LogP contribution is -2.30. The summed E-state index contributed by atoms with van der Waals surface area (Å²) in [7, 11) is 0. The van der Waals surface area contributed by atoms with Crippen LogP contribution in [0.15, 0.2) is 42.5 Å². The molecule has 0 aliphatic carbocycles. The fourth-order valence-corrected chi connectivity index (χ4v) is 3.28. The Morgan fingerprint density at radius 2 is 1.97 bits per heavy atom. The molecule has 0 bridgehead atoms. The van der Waals surface area contributed by atoms with Crippen molar-refractivity contribution in [1.82, 2.24) is 4.98 Å². The van der Waals surface area contributed by atoms with Crippen LogP contribution in [0, 0.1) is 12.7 Å². The zero-order chi connectivity index (χ0) is 21.1. The SMILES string of the molecule is CCc1nc2ccccc2c(C(=O)O[C@@H](C)C(=O)Nc2ccc(F)cc2Cl)c1C. The number of esters is 1. The third-order valence-corrected chi connectivity index (χ3v) is 4.93. The number of halogens is 2. The molecule has 5 nitrogen and oxygen atoms in total. The smallest absolute Gasteiger partial charge is 0.339 e. The van der Waals surface area contributed by atoms with E-state index in [1.165, 1.54) is 19.1 Å². The van der Waals surface area contributed by atoms with E-state index in [1.54, 1.807) is 6.07 Å². The van der Waals surface area contributed by atoms with Gasteiger partial charge in [0, 0.05) is 11.1 Å². The number of anilines is 1. The van der Waals surface area contributed by atoms with Crippen LogP contribution >= 0.6 is 11.6 Å². The van der Waals surface area contributed by atoms with Crippen molar-refractivity contribution in [3.8, 4) is 0 Å². The number of fused-ring (bicyclic) bond motifs is 1. The lowest BCUT2D eigenvalue weighted by atomic mass is 10.0. The molecule has 3 aromatic rings. The molecule has 1 aromatic heterocycles. The highest BCUT2D eigenvalue weighted by Crippen LogP contribution is 2.26. The number of hydrogen-bond donors (Lipinski definition) is 1. The second kappa shape index (κ2) is 8.57. The molecule has 150 valence electrons. The van der Waals surface area contributed by atoms with Crippen molar-refractivity contribution >= 4 is 40.1 Å². The molecule has 1 N–H and O–H groups in total. The number of rotatable bonds is 5. The number of aryl methyl sites for hydroxylation is 1. The van der Waals surface area contributed by atoms with E-state index in [9.17, 15) is 14.0 Å². The Balaban J connectivity index is 1.84. The number of para-hydroxylation sites is 1. The van der Waals surface area contributed by atoms with Crippen LogP contribution in [0.3, 0.4) is 0 Å². The molecular weight excluding hydrogens is 395 g/mol. The van der Waals surface area contributed by atoms with Gasteiger partial charge in [-0.2, -0.15) is 0 Å². The monoisotopic (exact) mass is 414 g/mol. The molecule has 0 saturated heterocycles. The number of nitrogens with zero attached hydrogens (tertiary/aromatic N) is 1. The average Bonchev–Trinajstić information content (AvgIpc) is 2.69. The number of amides is 1. The van der Waals surface area contributed by atoms with E-state index < -0.39 is 23.8 Å². The number of nitrogens with one attached hydrogen (secondary N) is 1. The fourth-order valence-electron chi connectivity index (χ4n) is 3.06. The van der Waals surface area contributed by atoms with Crippen LogP contribution in [0.2, 0.25) is 5.02 Å². The Morgan fingerprint density at radius 1 is 1.24 bits per heavy atom. The summed E-state index contributed by atoms with van der Waals surface area (Å²) >= 11 is 5.93. The van der Waals surface area contributed by atoms with Crippen LogP contribution in [0.25, 0.3) is 10.9 Å². The van der Waals surface area contributed by atoms with Gasteiger partial charge in [0.05, 0.1) is 21.8 Å². The quantitative estimate of drug-likeness (QED) is 0.591.